The first-order valence-corrected chi connectivity index (χ1v) is 17.6. The summed E-state index contributed by atoms with van der Waals surface area (Å²) in [5, 5.41) is 10.8. The fourth-order valence-corrected chi connectivity index (χ4v) is 6.03. The third-order valence-electron chi connectivity index (χ3n) is 7.89. The number of amides is 1. The Morgan fingerprint density at radius 2 is 1.66 bits per heavy atom. The lowest BCUT2D eigenvalue weighted by Gasteiger charge is -2.36. The molecule has 0 saturated heterocycles. The van der Waals surface area contributed by atoms with Crippen LogP contribution in [-0.4, -0.2) is 43.2 Å². The summed E-state index contributed by atoms with van der Waals surface area (Å²) in [6.45, 7) is 17.7. The standard InChI is InChI=1S/C32H42BrNO6Si/c1-10-25(35)22(26(36)19-39-41(8,9)32(5,6)7)17-20-15-16-27-23(18-20)28(33)29(40-27)21-13-11-12-14-24(21)34(30(37)38)31(2,3)4/h11-16,18,22H,10,17,19H2,1-9H3,(H,37,38). The maximum Gasteiger partial charge on any atom is 0.412 e. The van der Waals surface area contributed by atoms with Crippen LogP contribution in [0.25, 0.3) is 22.3 Å². The number of halogens is 1. The van der Waals surface area contributed by atoms with Crippen molar-refractivity contribution in [3.05, 3.63) is 52.5 Å². The van der Waals surface area contributed by atoms with Crippen molar-refractivity contribution in [2.75, 3.05) is 11.5 Å². The zero-order chi connectivity index (χ0) is 30.9. The quantitative estimate of drug-likeness (QED) is 0.175. The number of fused-ring (bicyclic) bond motifs is 1. The lowest BCUT2D eigenvalue weighted by atomic mass is 9.90. The topological polar surface area (TPSA) is 97.0 Å². The molecule has 1 unspecified atom stereocenters. The first kappa shape index (κ1) is 32.8. The van der Waals surface area contributed by atoms with E-state index < -0.39 is 25.9 Å². The van der Waals surface area contributed by atoms with Gasteiger partial charge in [-0.25, -0.2) is 4.79 Å². The smallest absolute Gasteiger partial charge is 0.412 e. The molecule has 1 heterocycles. The maximum atomic E-state index is 13.3. The molecule has 0 bridgehead atoms. The van der Waals surface area contributed by atoms with Crippen LogP contribution in [0.1, 0.15) is 60.5 Å². The molecule has 3 rings (SSSR count). The van der Waals surface area contributed by atoms with Crippen LogP contribution in [0.5, 0.6) is 0 Å². The fourth-order valence-electron chi connectivity index (χ4n) is 4.48. The molecule has 7 nitrogen and oxygen atoms in total. The molecular formula is C32H42BrNO6Si. The summed E-state index contributed by atoms with van der Waals surface area (Å²) in [5.41, 5.74) is 1.89. The van der Waals surface area contributed by atoms with Crippen molar-refractivity contribution in [3.8, 4) is 11.3 Å². The van der Waals surface area contributed by atoms with Crippen molar-refractivity contribution in [2.45, 2.75) is 85.0 Å². The summed E-state index contributed by atoms with van der Waals surface area (Å²) in [6.07, 6.45) is -0.528. The van der Waals surface area contributed by atoms with Gasteiger partial charge in [-0.3, -0.25) is 14.5 Å². The Bertz CT molecular complexity index is 1450. The van der Waals surface area contributed by atoms with Gasteiger partial charge in [-0.2, -0.15) is 0 Å². The van der Waals surface area contributed by atoms with Gasteiger partial charge >= 0.3 is 6.09 Å². The molecule has 1 N–H and O–H groups in total. The van der Waals surface area contributed by atoms with Crippen molar-refractivity contribution in [1.29, 1.82) is 0 Å². The van der Waals surface area contributed by atoms with E-state index in [1.165, 1.54) is 4.90 Å². The normalized spacial score (nSPS) is 13.3. The maximum absolute atomic E-state index is 13.3. The van der Waals surface area contributed by atoms with Crippen molar-refractivity contribution in [1.82, 2.24) is 0 Å². The Morgan fingerprint density at radius 3 is 2.22 bits per heavy atom. The minimum atomic E-state index is -2.15. The lowest BCUT2D eigenvalue weighted by Crippen LogP contribution is -2.45. The number of anilines is 1. The second-order valence-electron chi connectivity index (χ2n) is 13.0. The molecule has 0 fully saturated rings. The minimum absolute atomic E-state index is 0.0408. The summed E-state index contributed by atoms with van der Waals surface area (Å²) in [5.74, 6) is -0.586. The molecule has 1 aromatic heterocycles. The van der Waals surface area contributed by atoms with Crippen molar-refractivity contribution in [3.63, 3.8) is 0 Å². The summed E-state index contributed by atoms with van der Waals surface area (Å²) in [7, 11) is -2.15. The van der Waals surface area contributed by atoms with Gasteiger partial charge in [-0.1, -0.05) is 45.9 Å². The van der Waals surface area contributed by atoms with Gasteiger partial charge in [-0.05, 0) is 91.1 Å². The van der Waals surface area contributed by atoms with E-state index in [1.54, 1.807) is 19.1 Å². The van der Waals surface area contributed by atoms with Crippen LogP contribution in [0, 0.1) is 5.92 Å². The molecule has 3 aromatic rings. The average molecular weight is 645 g/mol. The third kappa shape index (κ3) is 7.19. The molecule has 1 atom stereocenters. The van der Waals surface area contributed by atoms with Crippen molar-refractivity contribution in [2.24, 2.45) is 5.92 Å². The first-order valence-electron chi connectivity index (χ1n) is 13.9. The van der Waals surface area contributed by atoms with Crippen LogP contribution in [0.4, 0.5) is 10.5 Å². The largest absolute Gasteiger partial charge is 0.465 e. The number of hydrogen-bond donors (Lipinski definition) is 1. The van der Waals surface area contributed by atoms with Gasteiger partial charge in [0.05, 0.1) is 22.7 Å². The Balaban J connectivity index is 1.98. The monoisotopic (exact) mass is 643 g/mol. The summed E-state index contributed by atoms with van der Waals surface area (Å²) >= 11 is 3.69. The lowest BCUT2D eigenvalue weighted by molar-refractivity contribution is -0.134. The number of benzene rings is 2. The van der Waals surface area contributed by atoms with Gasteiger partial charge in [0, 0.05) is 22.9 Å². The Hall–Kier alpha value is -2.75. The fraction of sp³-hybridized carbons (Fsp3) is 0.469. The van der Waals surface area contributed by atoms with Crippen LogP contribution in [-0.2, 0) is 20.4 Å². The molecule has 0 aliphatic carbocycles. The summed E-state index contributed by atoms with van der Waals surface area (Å²) < 4.78 is 13.1. The molecule has 0 aliphatic heterocycles. The third-order valence-corrected chi connectivity index (χ3v) is 13.2. The van der Waals surface area contributed by atoms with Crippen LogP contribution in [0.15, 0.2) is 51.4 Å². The molecule has 2 aromatic carbocycles. The van der Waals surface area contributed by atoms with Crippen LogP contribution < -0.4 is 4.90 Å². The molecule has 9 heteroatoms. The predicted octanol–water partition coefficient (Wildman–Crippen LogP) is 8.87. The summed E-state index contributed by atoms with van der Waals surface area (Å²) in [4.78, 5) is 39.7. The average Bonchev–Trinajstić information content (AvgIpc) is 3.19. The van der Waals surface area contributed by atoms with Gasteiger partial charge < -0.3 is 13.9 Å². The van der Waals surface area contributed by atoms with E-state index >= 15 is 0 Å². The zero-order valence-corrected chi connectivity index (χ0v) is 28.1. The van der Waals surface area contributed by atoms with Crippen LogP contribution in [0.2, 0.25) is 18.1 Å². The van der Waals surface area contributed by atoms with E-state index in [-0.39, 0.29) is 36.1 Å². The summed E-state index contributed by atoms with van der Waals surface area (Å²) in [6, 6.07) is 12.8. The Morgan fingerprint density at radius 1 is 1.02 bits per heavy atom. The highest BCUT2D eigenvalue weighted by Gasteiger charge is 2.38. The molecule has 222 valence electrons. The molecule has 41 heavy (non-hydrogen) atoms. The number of hydrogen-bond acceptors (Lipinski definition) is 5. The second kappa shape index (κ2) is 12.2. The van der Waals surface area contributed by atoms with E-state index in [0.29, 0.717) is 27.1 Å². The number of Topliss-reactive ketones (excluding diaryl/α,β-unsaturated/α-hetero) is 2. The van der Waals surface area contributed by atoms with Crippen LogP contribution in [0.3, 0.4) is 0 Å². The Labute approximate surface area is 252 Å². The number of ketones is 2. The molecule has 0 saturated carbocycles. The van der Waals surface area contributed by atoms with E-state index in [2.05, 4.69) is 49.8 Å². The van der Waals surface area contributed by atoms with Gasteiger partial charge in [0.15, 0.2) is 19.9 Å². The number of rotatable bonds is 10. The zero-order valence-electron chi connectivity index (χ0n) is 25.6. The van der Waals surface area contributed by atoms with Gasteiger partial charge in [0.1, 0.15) is 11.4 Å². The highest BCUT2D eigenvalue weighted by Crippen LogP contribution is 2.43. The number of para-hydroxylation sites is 1. The number of furan rings is 1. The van der Waals surface area contributed by atoms with Crippen LogP contribution >= 0.6 is 15.9 Å². The molecule has 1 amide bonds. The highest BCUT2D eigenvalue weighted by atomic mass is 79.9. The van der Waals surface area contributed by atoms with Crippen molar-refractivity contribution < 1.29 is 28.3 Å². The van der Waals surface area contributed by atoms with E-state index in [9.17, 15) is 19.5 Å². The van der Waals surface area contributed by atoms with Gasteiger partial charge in [0.25, 0.3) is 0 Å². The molecular weight excluding hydrogens is 602 g/mol. The Kier molecular flexibility index (Phi) is 9.77. The SMILES string of the molecule is CCC(=O)C(Cc1ccc2oc(-c3ccccc3N(C(=O)O)C(C)(C)C)c(Br)c2c1)C(=O)CO[Si](C)(C)C(C)(C)C. The second-order valence-corrected chi connectivity index (χ2v) is 18.6. The van der Waals surface area contributed by atoms with E-state index in [4.69, 9.17) is 8.84 Å². The number of carboxylic acid groups (broad SMARTS) is 1. The van der Waals surface area contributed by atoms with E-state index in [1.807, 2.05) is 51.1 Å². The predicted molar refractivity (Wildman–Crippen MR) is 170 cm³/mol. The number of carbonyl (C=O) groups excluding carboxylic acids is 2. The van der Waals surface area contributed by atoms with Gasteiger partial charge in [-0.15, -0.1) is 0 Å². The number of carbonyl (C=O) groups is 3. The van der Waals surface area contributed by atoms with Crippen molar-refractivity contribution >= 4 is 58.6 Å². The molecule has 0 aliphatic rings. The first-order chi connectivity index (χ1) is 18.9. The highest BCUT2D eigenvalue weighted by molar-refractivity contribution is 9.10. The van der Waals surface area contributed by atoms with Gasteiger partial charge in [0.2, 0.25) is 0 Å². The molecule has 0 radical (unpaired) electrons. The number of nitrogens with zero attached hydrogens (tertiary/aromatic N) is 1. The minimum Gasteiger partial charge on any atom is -0.465 e. The molecule has 0 spiro atoms. The van der Waals surface area contributed by atoms with E-state index in [0.717, 1.165) is 10.9 Å².